The Morgan fingerprint density at radius 3 is 2.28 bits per heavy atom. The molecule has 0 aliphatic heterocycles. The van der Waals surface area contributed by atoms with Gasteiger partial charge < -0.3 is 25.1 Å². The number of amides is 1. The second kappa shape index (κ2) is 10.1. The molecule has 0 saturated heterocycles. The second-order valence-electron chi connectivity index (χ2n) is 6.01. The van der Waals surface area contributed by atoms with Crippen molar-refractivity contribution in [3.05, 3.63) is 65.4 Å². The number of ether oxygens (including phenoxy) is 1. The van der Waals surface area contributed by atoms with Crippen LogP contribution in [0.5, 0.6) is 5.75 Å². The summed E-state index contributed by atoms with van der Waals surface area (Å²) in [5.41, 5.74) is 9.74. The van der Waals surface area contributed by atoms with E-state index >= 15 is 0 Å². The van der Waals surface area contributed by atoms with Gasteiger partial charge in [-0.15, -0.1) is 0 Å². The maximum absolute atomic E-state index is 11.4. The molecule has 25 heavy (non-hydrogen) atoms. The molecule has 2 rings (SSSR count). The molecule has 0 saturated carbocycles. The van der Waals surface area contributed by atoms with Crippen molar-refractivity contribution >= 4 is 11.6 Å². The van der Waals surface area contributed by atoms with Crippen LogP contribution < -0.4 is 9.64 Å². The molecule has 0 aliphatic carbocycles. The average molecular weight is 467 g/mol. The molecule has 1 N–H and O–H groups in total. The zero-order valence-electron chi connectivity index (χ0n) is 15.2. The molecule has 0 fully saturated rings. The fraction of sp³-hybridized carbons (Fsp3) is 0.316. The molecule has 6 heteroatoms. The van der Waals surface area contributed by atoms with Gasteiger partial charge in [0.25, 0.3) is 0 Å². The summed E-state index contributed by atoms with van der Waals surface area (Å²) in [5, 5.41) is 0. The molecule has 0 aromatic heterocycles. The number of rotatable bonds is 7. The van der Waals surface area contributed by atoms with Crippen LogP contribution in [0.25, 0.3) is 5.73 Å². The van der Waals surface area contributed by atoms with Crippen LogP contribution in [0.15, 0.2) is 48.5 Å². The third kappa shape index (κ3) is 5.66. The quantitative estimate of drug-likeness (QED) is 0.625. The Hall–Kier alpha value is -1.17. The van der Waals surface area contributed by atoms with E-state index in [2.05, 4.69) is 21.9 Å². The number of anilines is 1. The summed E-state index contributed by atoms with van der Waals surface area (Å²) in [6.07, 6.45) is 0. The van der Waals surface area contributed by atoms with E-state index in [-0.39, 0.29) is 52.9 Å². The molecule has 1 atom stereocenters. The van der Waals surface area contributed by atoms with E-state index in [4.69, 9.17) is 10.5 Å². The number of carbonyl (C=O) groups excluding carboxylic acids is 1. The van der Waals surface area contributed by atoms with E-state index in [9.17, 15) is 4.79 Å². The van der Waals surface area contributed by atoms with Crippen molar-refractivity contribution in [2.24, 2.45) is 0 Å². The molecular formula is C19H24N3O2Pr-. The number of carbonyl (C=O) groups is 1. The Labute approximate surface area is 183 Å². The van der Waals surface area contributed by atoms with Gasteiger partial charge in [-0.1, -0.05) is 30.3 Å². The van der Waals surface area contributed by atoms with Gasteiger partial charge >= 0.3 is 0 Å². The summed E-state index contributed by atoms with van der Waals surface area (Å²) in [5.74, 6) is -0.315. The first-order valence-electron chi connectivity index (χ1n) is 7.80. The van der Waals surface area contributed by atoms with Crippen LogP contribution in [-0.4, -0.2) is 45.6 Å². The summed E-state index contributed by atoms with van der Waals surface area (Å²) in [6, 6.07) is 15.8. The number of hydrogen-bond acceptors (Lipinski definition) is 4. The minimum Gasteiger partial charge on any atom is -0.663 e. The molecule has 2 aromatic carbocycles. The normalized spacial score (nSPS) is 11.6. The van der Waals surface area contributed by atoms with Gasteiger partial charge in [0.1, 0.15) is 5.75 Å². The van der Waals surface area contributed by atoms with E-state index in [1.165, 1.54) is 12.7 Å². The largest absolute Gasteiger partial charge is 0.663 e. The first-order valence-corrected chi connectivity index (χ1v) is 7.80. The van der Waals surface area contributed by atoms with Gasteiger partial charge in [-0.2, -0.15) is 0 Å². The molecule has 2 aromatic rings. The fourth-order valence-electron chi connectivity index (χ4n) is 2.74. The number of nitrogens with zero attached hydrogens (tertiary/aromatic N) is 2. The van der Waals surface area contributed by atoms with Crippen LogP contribution in [0.2, 0.25) is 0 Å². The minimum atomic E-state index is -0.742. The molecule has 0 spiro atoms. The molecule has 1 amide bonds. The Kier molecular flexibility index (Phi) is 8.84. The Bertz CT molecular complexity index is 692. The van der Waals surface area contributed by atoms with Gasteiger partial charge in [-0.05, 0) is 31.8 Å². The number of methoxy groups -OCH3 is 1. The summed E-state index contributed by atoms with van der Waals surface area (Å²) in [4.78, 5) is 15.7. The monoisotopic (exact) mass is 467 g/mol. The predicted octanol–water partition coefficient (Wildman–Crippen LogP) is 3.63. The van der Waals surface area contributed by atoms with E-state index in [0.717, 1.165) is 12.2 Å². The Balaban J connectivity index is 0.00000312. The van der Waals surface area contributed by atoms with Gasteiger partial charge in [0, 0.05) is 72.2 Å². The molecule has 0 heterocycles. The minimum absolute atomic E-state index is 0. The van der Waals surface area contributed by atoms with Crippen LogP contribution in [0, 0.1) is 41.3 Å². The maximum Gasteiger partial charge on any atom is 0.130 e. The van der Waals surface area contributed by atoms with Gasteiger partial charge in [0.05, 0.1) is 19.1 Å². The van der Waals surface area contributed by atoms with Crippen LogP contribution in [0.3, 0.4) is 0 Å². The van der Waals surface area contributed by atoms with Crippen molar-refractivity contribution in [2.45, 2.75) is 6.04 Å². The smallest absolute Gasteiger partial charge is 0.130 e. The second-order valence-corrected chi connectivity index (χ2v) is 6.01. The molecular weight excluding hydrogens is 443 g/mol. The third-order valence-corrected chi connectivity index (χ3v) is 4.03. The molecule has 0 aliphatic rings. The van der Waals surface area contributed by atoms with Crippen LogP contribution in [-0.2, 0) is 0 Å². The van der Waals surface area contributed by atoms with E-state index in [1.54, 1.807) is 6.07 Å². The summed E-state index contributed by atoms with van der Waals surface area (Å²) in [7, 11) is 7.64. The molecule has 0 unspecified atom stereocenters. The summed E-state index contributed by atoms with van der Waals surface area (Å²) >= 11 is 0. The first-order chi connectivity index (χ1) is 11.4. The Morgan fingerprint density at radius 1 is 1.12 bits per heavy atom. The molecule has 131 valence electrons. The van der Waals surface area contributed by atoms with Crippen molar-refractivity contribution in [2.75, 3.05) is 39.7 Å². The van der Waals surface area contributed by atoms with Crippen LogP contribution >= 0.6 is 0 Å². The standard InChI is InChI=1S/C19H25N3O2.Pr/c1-21(2)13-17(14-8-6-5-7-9-14)22(3)15-10-11-16(19(20)23)18(12-15)24-4;/h5-12,17H,13H2,1-4H3,(H2,20,23);/p-1/t17-;/m1./s1. The fourth-order valence-corrected chi connectivity index (χ4v) is 2.74. The van der Waals surface area contributed by atoms with E-state index in [1.807, 2.05) is 51.5 Å². The van der Waals surface area contributed by atoms with Gasteiger partial charge in [0.2, 0.25) is 0 Å². The Morgan fingerprint density at radius 2 is 1.76 bits per heavy atom. The number of nitrogens with one attached hydrogen (secondary N) is 1. The van der Waals surface area contributed by atoms with Crippen molar-refractivity contribution in [1.82, 2.24) is 4.90 Å². The first kappa shape index (κ1) is 21.9. The number of likely N-dealkylation sites (N-methyl/N-ethyl adjacent to an activating group) is 2. The van der Waals surface area contributed by atoms with Crippen LogP contribution in [0.1, 0.15) is 22.0 Å². The number of benzene rings is 2. The molecule has 1 radical (unpaired) electrons. The average Bonchev–Trinajstić information content (AvgIpc) is 2.59. The molecule has 0 bridgehead atoms. The van der Waals surface area contributed by atoms with E-state index < -0.39 is 5.91 Å². The summed E-state index contributed by atoms with van der Waals surface area (Å²) in [6.45, 7) is 0.849. The van der Waals surface area contributed by atoms with Gasteiger partial charge in [-0.25, -0.2) is 0 Å². The maximum atomic E-state index is 11.4. The summed E-state index contributed by atoms with van der Waals surface area (Å²) < 4.78 is 5.29. The van der Waals surface area contributed by atoms with Gasteiger partial charge in [0.15, 0.2) is 0 Å². The SMILES string of the molecule is COc1cc(N(C)[C@H](CN(C)C)c2ccccc2)ccc1C([NH-])=O.[Pr]. The van der Waals surface area contributed by atoms with Crippen molar-refractivity contribution in [3.8, 4) is 5.75 Å². The van der Waals surface area contributed by atoms with Crippen molar-refractivity contribution < 1.29 is 50.8 Å². The van der Waals surface area contributed by atoms with Crippen molar-refractivity contribution in [3.63, 3.8) is 0 Å². The van der Waals surface area contributed by atoms with Crippen molar-refractivity contribution in [1.29, 1.82) is 0 Å². The zero-order chi connectivity index (χ0) is 17.7. The van der Waals surface area contributed by atoms with Gasteiger partial charge in [-0.3, -0.25) is 0 Å². The van der Waals surface area contributed by atoms with Crippen LogP contribution in [0.4, 0.5) is 5.69 Å². The topological polar surface area (TPSA) is 56.6 Å². The third-order valence-electron chi connectivity index (χ3n) is 4.03. The zero-order valence-corrected chi connectivity index (χ0v) is 18.9. The van der Waals surface area contributed by atoms with E-state index in [0.29, 0.717) is 5.75 Å². The predicted molar refractivity (Wildman–Crippen MR) is 97.8 cm³/mol. The number of hydrogen-bond donors (Lipinski definition) is 0. The molecule has 5 nitrogen and oxygen atoms in total.